The number of carbonyl (C=O) groups excluding carboxylic acids is 2. The first kappa shape index (κ1) is 28.0. The fourth-order valence-corrected chi connectivity index (χ4v) is 8.08. The largest absolute Gasteiger partial charge is 0.376 e. The molecule has 4 aromatic rings. The van der Waals surface area contributed by atoms with E-state index in [2.05, 4.69) is 0 Å². The summed E-state index contributed by atoms with van der Waals surface area (Å²) in [6, 6.07) is 32.3. The number of sulfone groups is 1. The van der Waals surface area contributed by atoms with Crippen molar-refractivity contribution >= 4 is 21.7 Å². The SMILES string of the molecule is Cc1ccc(S(=O)(=O)[C@@]2(CN3C(=O)c4ccccc4C3=O)[C@H](OCc3ccccc3)[C@@H]2COCc2ccccc2)cc1. The molecule has 1 heterocycles. The van der Waals surface area contributed by atoms with E-state index in [1.807, 2.05) is 67.6 Å². The number of rotatable bonds is 11. The van der Waals surface area contributed by atoms with Gasteiger partial charge in [-0.2, -0.15) is 0 Å². The van der Waals surface area contributed by atoms with E-state index in [0.717, 1.165) is 21.6 Å². The van der Waals surface area contributed by atoms with E-state index >= 15 is 0 Å². The molecule has 2 amide bonds. The first-order valence-electron chi connectivity index (χ1n) is 13.9. The van der Waals surface area contributed by atoms with E-state index in [1.165, 1.54) is 0 Å². The zero-order chi connectivity index (χ0) is 29.3. The van der Waals surface area contributed by atoms with E-state index < -0.39 is 38.4 Å². The van der Waals surface area contributed by atoms with Crippen molar-refractivity contribution in [1.29, 1.82) is 0 Å². The van der Waals surface area contributed by atoms with E-state index in [9.17, 15) is 18.0 Å². The Labute approximate surface area is 245 Å². The summed E-state index contributed by atoms with van der Waals surface area (Å²) < 4.78 is 40.0. The Bertz CT molecular complexity index is 1670. The molecule has 0 spiro atoms. The van der Waals surface area contributed by atoms with Crippen LogP contribution in [0.15, 0.2) is 114 Å². The Balaban J connectivity index is 1.38. The Morgan fingerprint density at radius 3 is 1.81 bits per heavy atom. The molecule has 8 heteroatoms. The molecule has 0 bridgehead atoms. The molecular formula is C34H31NO6S. The molecule has 0 aromatic heterocycles. The smallest absolute Gasteiger partial charge is 0.261 e. The highest BCUT2D eigenvalue weighted by atomic mass is 32.2. The molecule has 1 aliphatic heterocycles. The summed E-state index contributed by atoms with van der Waals surface area (Å²) in [5, 5.41) is 0. The molecule has 42 heavy (non-hydrogen) atoms. The van der Waals surface area contributed by atoms with Gasteiger partial charge in [0.2, 0.25) is 0 Å². The predicted molar refractivity (Wildman–Crippen MR) is 158 cm³/mol. The topological polar surface area (TPSA) is 90.0 Å². The zero-order valence-corrected chi connectivity index (χ0v) is 24.0. The second kappa shape index (κ2) is 11.3. The Morgan fingerprint density at radius 2 is 1.24 bits per heavy atom. The number of ether oxygens (including phenoxy) is 2. The first-order chi connectivity index (χ1) is 20.3. The van der Waals surface area contributed by atoms with Crippen LogP contribution in [0.2, 0.25) is 0 Å². The lowest BCUT2D eigenvalue weighted by molar-refractivity contribution is 0.0583. The third-order valence-electron chi connectivity index (χ3n) is 8.16. The van der Waals surface area contributed by atoms with Crippen molar-refractivity contribution in [3.63, 3.8) is 0 Å². The van der Waals surface area contributed by atoms with Gasteiger partial charge < -0.3 is 9.47 Å². The number of benzene rings is 4. The zero-order valence-electron chi connectivity index (χ0n) is 23.2. The molecule has 214 valence electrons. The molecule has 6 rings (SSSR count). The minimum atomic E-state index is -4.11. The van der Waals surface area contributed by atoms with Crippen LogP contribution in [0.1, 0.15) is 37.4 Å². The highest BCUT2D eigenvalue weighted by molar-refractivity contribution is 7.93. The Morgan fingerprint density at radius 1 is 0.714 bits per heavy atom. The number of hydrogen-bond acceptors (Lipinski definition) is 6. The normalized spacial score (nSPS) is 21.4. The van der Waals surface area contributed by atoms with Crippen LogP contribution < -0.4 is 0 Å². The number of nitrogens with zero attached hydrogens (tertiary/aromatic N) is 1. The standard InChI is InChI=1S/C34H31NO6S/c1-24-16-18-27(19-17-24)42(38,39)34(23-35-32(36)28-14-8-9-15-29(28)33(35)37)30(22-40-20-25-10-4-2-5-11-25)31(34)41-21-26-12-6-3-7-13-26/h2-19,30-31H,20-23H2,1H3/t30-,31+,34+/m0/s1. The quantitative estimate of drug-likeness (QED) is 0.225. The van der Waals surface area contributed by atoms with Crippen molar-refractivity contribution in [2.24, 2.45) is 5.92 Å². The van der Waals surface area contributed by atoms with Gasteiger partial charge in [0.15, 0.2) is 9.84 Å². The summed E-state index contributed by atoms with van der Waals surface area (Å²) in [5.41, 5.74) is 3.29. The van der Waals surface area contributed by atoms with Crippen LogP contribution in [0.5, 0.6) is 0 Å². The lowest BCUT2D eigenvalue weighted by Gasteiger charge is -2.25. The summed E-state index contributed by atoms with van der Waals surface area (Å²) in [6.07, 6.45) is -0.816. The monoisotopic (exact) mass is 581 g/mol. The summed E-state index contributed by atoms with van der Waals surface area (Å²) in [6.45, 7) is 2.08. The number of imide groups is 1. The van der Waals surface area contributed by atoms with Crippen LogP contribution in [-0.2, 0) is 32.5 Å². The van der Waals surface area contributed by atoms with Crippen LogP contribution in [0.25, 0.3) is 0 Å². The Hall–Kier alpha value is -4.11. The van der Waals surface area contributed by atoms with Gasteiger partial charge in [-0.3, -0.25) is 14.5 Å². The van der Waals surface area contributed by atoms with Crippen LogP contribution in [0.4, 0.5) is 0 Å². The van der Waals surface area contributed by atoms with Gasteiger partial charge in [-0.25, -0.2) is 8.42 Å². The van der Waals surface area contributed by atoms with Gasteiger partial charge in [0.25, 0.3) is 11.8 Å². The van der Waals surface area contributed by atoms with Gasteiger partial charge in [0, 0.05) is 5.92 Å². The van der Waals surface area contributed by atoms with E-state index in [4.69, 9.17) is 9.47 Å². The van der Waals surface area contributed by atoms with Crippen molar-refractivity contribution in [3.8, 4) is 0 Å². The van der Waals surface area contributed by atoms with E-state index in [1.54, 1.807) is 48.5 Å². The molecule has 1 aliphatic carbocycles. The number of aryl methyl sites for hydroxylation is 1. The van der Waals surface area contributed by atoms with Crippen LogP contribution in [0.3, 0.4) is 0 Å². The molecule has 1 saturated carbocycles. The van der Waals surface area contributed by atoms with Crippen LogP contribution >= 0.6 is 0 Å². The summed E-state index contributed by atoms with van der Waals surface area (Å²) in [5.74, 6) is -1.64. The minimum Gasteiger partial charge on any atom is -0.376 e. The van der Waals surface area contributed by atoms with E-state index in [0.29, 0.717) is 0 Å². The number of amides is 2. The molecule has 0 unspecified atom stereocenters. The van der Waals surface area contributed by atoms with Gasteiger partial charge in [0.1, 0.15) is 4.75 Å². The van der Waals surface area contributed by atoms with Crippen molar-refractivity contribution in [2.75, 3.05) is 13.2 Å². The molecule has 0 radical (unpaired) electrons. The molecule has 7 nitrogen and oxygen atoms in total. The second-order valence-electron chi connectivity index (χ2n) is 10.8. The maximum absolute atomic E-state index is 14.6. The van der Waals surface area contributed by atoms with E-state index in [-0.39, 0.29) is 42.4 Å². The molecular weight excluding hydrogens is 550 g/mol. The number of carbonyl (C=O) groups is 2. The average molecular weight is 582 g/mol. The van der Waals surface area contributed by atoms with Crippen molar-refractivity contribution in [2.45, 2.75) is 35.9 Å². The Kier molecular flexibility index (Phi) is 7.53. The van der Waals surface area contributed by atoms with Gasteiger partial charge in [-0.1, -0.05) is 90.5 Å². The average Bonchev–Trinajstić information content (AvgIpc) is 3.58. The summed E-state index contributed by atoms with van der Waals surface area (Å²) >= 11 is 0. The molecule has 3 atom stereocenters. The van der Waals surface area contributed by atoms with Gasteiger partial charge in [-0.15, -0.1) is 0 Å². The van der Waals surface area contributed by atoms with Gasteiger partial charge in [-0.05, 0) is 42.3 Å². The molecule has 1 fully saturated rings. The highest BCUT2D eigenvalue weighted by Crippen LogP contribution is 2.56. The van der Waals surface area contributed by atoms with Crippen LogP contribution in [0, 0.1) is 12.8 Å². The molecule has 4 aromatic carbocycles. The third-order valence-corrected chi connectivity index (χ3v) is 10.7. The molecule has 0 N–H and O–H groups in total. The fraction of sp³-hybridized carbons (Fsp3) is 0.235. The first-order valence-corrected chi connectivity index (χ1v) is 15.3. The second-order valence-corrected chi connectivity index (χ2v) is 13.1. The lowest BCUT2D eigenvalue weighted by atomic mass is 10.1. The van der Waals surface area contributed by atoms with Gasteiger partial charge >= 0.3 is 0 Å². The van der Waals surface area contributed by atoms with Crippen molar-refractivity contribution < 1.29 is 27.5 Å². The minimum absolute atomic E-state index is 0.0720. The summed E-state index contributed by atoms with van der Waals surface area (Å²) in [4.78, 5) is 28.1. The number of hydrogen-bond donors (Lipinski definition) is 0. The molecule has 2 aliphatic rings. The lowest BCUT2D eigenvalue weighted by Crippen LogP contribution is -2.45. The highest BCUT2D eigenvalue weighted by Gasteiger charge is 2.75. The maximum atomic E-state index is 14.6. The third kappa shape index (κ3) is 4.96. The summed E-state index contributed by atoms with van der Waals surface area (Å²) in [7, 11) is -4.11. The van der Waals surface area contributed by atoms with Crippen LogP contribution in [-0.4, -0.2) is 49.1 Å². The fourth-order valence-electron chi connectivity index (χ4n) is 5.79. The van der Waals surface area contributed by atoms with Crippen molar-refractivity contribution in [3.05, 3.63) is 137 Å². The van der Waals surface area contributed by atoms with Crippen molar-refractivity contribution in [1.82, 2.24) is 4.90 Å². The predicted octanol–water partition coefficient (Wildman–Crippen LogP) is 5.24. The maximum Gasteiger partial charge on any atom is 0.261 e. The molecule has 0 saturated heterocycles. The number of fused-ring (bicyclic) bond motifs is 1. The van der Waals surface area contributed by atoms with Gasteiger partial charge in [0.05, 0.1) is 48.5 Å².